The SMILES string of the molecule is CCCc1ccc(N)c(NCCNS(C)(=O)=O)c1. The minimum atomic E-state index is -3.13. The smallest absolute Gasteiger partial charge is 0.208 e. The summed E-state index contributed by atoms with van der Waals surface area (Å²) in [7, 11) is -3.13. The van der Waals surface area contributed by atoms with Crippen molar-refractivity contribution >= 4 is 21.4 Å². The van der Waals surface area contributed by atoms with Crippen molar-refractivity contribution < 1.29 is 8.42 Å². The molecular weight excluding hydrogens is 250 g/mol. The molecule has 0 fully saturated rings. The van der Waals surface area contributed by atoms with Gasteiger partial charge in [-0.15, -0.1) is 0 Å². The molecule has 0 spiro atoms. The molecule has 0 unspecified atom stereocenters. The third-order valence-corrected chi connectivity index (χ3v) is 3.19. The van der Waals surface area contributed by atoms with Gasteiger partial charge in [0.1, 0.15) is 0 Å². The molecule has 18 heavy (non-hydrogen) atoms. The molecule has 0 saturated heterocycles. The number of hydrogen-bond acceptors (Lipinski definition) is 4. The Morgan fingerprint density at radius 1 is 1.28 bits per heavy atom. The van der Waals surface area contributed by atoms with Crippen LogP contribution in [0.4, 0.5) is 11.4 Å². The molecule has 0 aliphatic heterocycles. The molecule has 0 amide bonds. The van der Waals surface area contributed by atoms with Gasteiger partial charge in [0.05, 0.1) is 17.6 Å². The number of nitrogens with one attached hydrogen (secondary N) is 2. The van der Waals surface area contributed by atoms with Crippen molar-refractivity contribution in [2.24, 2.45) is 0 Å². The zero-order valence-electron chi connectivity index (χ0n) is 10.9. The van der Waals surface area contributed by atoms with E-state index in [1.807, 2.05) is 18.2 Å². The van der Waals surface area contributed by atoms with Crippen LogP contribution >= 0.6 is 0 Å². The molecule has 0 saturated carbocycles. The minimum absolute atomic E-state index is 0.344. The maximum atomic E-state index is 10.9. The van der Waals surface area contributed by atoms with Crippen molar-refractivity contribution in [3.8, 4) is 0 Å². The zero-order chi connectivity index (χ0) is 13.6. The first-order chi connectivity index (χ1) is 8.42. The number of nitrogens with two attached hydrogens (primary N) is 1. The Kier molecular flexibility index (Phi) is 5.43. The predicted octanol–water partition coefficient (Wildman–Crippen LogP) is 1.18. The summed E-state index contributed by atoms with van der Waals surface area (Å²) in [5.74, 6) is 0. The Hall–Kier alpha value is -1.27. The van der Waals surface area contributed by atoms with Crippen LogP contribution in [0.15, 0.2) is 18.2 Å². The molecular formula is C12H21N3O2S. The Labute approximate surface area is 109 Å². The van der Waals surface area contributed by atoms with Crippen LogP contribution < -0.4 is 15.8 Å². The number of aryl methyl sites for hydroxylation is 1. The van der Waals surface area contributed by atoms with Gasteiger partial charge in [0.15, 0.2) is 0 Å². The molecule has 5 nitrogen and oxygen atoms in total. The average molecular weight is 271 g/mol. The van der Waals surface area contributed by atoms with Crippen LogP contribution in [0.3, 0.4) is 0 Å². The lowest BCUT2D eigenvalue weighted by Gasteiger charge is -2.11. The summed E-state index contributed by atoms with van der Waals surface area (Å²) in [6.45, 7) is 2.97. The molecule has 0 aliphatic carbocycles. The zero-order valence-corrected chi connectivity index (χ0v) is 11.7. The second-order valence-electron chi connectivity index (χ2n) is 4.26. The van der Waals surface area contributed by atoms with E-state index in [-0.39, 0.29) is 0 Å². The van der Waals surface area contributed by atoms with Crippen LogP contribution in [0.2, 0.25) is 0 Å². The van der Waals surface area contributed by atoms with E-state index in [9.17, 15) is 8.42 Å². The van der Waals surface area contributed by atoms with Crippen molar-refractivity contribution in [1.82, 2.24) is 4.72 Å². The standard InChI is InChI=1S/C12H21N3O2S/c1-3-4-10-5-6-11(13)12(9-10)14-7-8-15-18(2,16)17/h5-6,9,14-15H,3-4,7-8,13H2,1-2H3. The topological polar surface area (TPSA) is 84.2 Å². The highest BCUT2D eigenvalue weighted by Crippen LogP contribution is 2.20. The summed E-state index contributed by atoms with van der Waals surface area (Å²) in [4.78, 5) is 0. The number of nitrogen functional groups attached to an aromatic ring is 1. The van der Waals surface area contributed by atoms with Gasteiger partial charge in [0.25, 0.3) is 0 Å². The first-order valence-corrected chi connectivity index (χ1v) is 7.88. The molecule has 0 heterocycles. The van der Waals surface area contributed by atoms with Gasteiger partial charge in [-0.1, -0.05) is 19.4 Å². The summed E-state index contributed by atoms with van der Waals surface area (Å²) in [6, 6.07) is 5.90. The molecule has 0 radical (unpaired) electrons. The fourth-order valence-corrected chi connectivity index (χ4v) is 2.11. The maximum absolute atomic E-state index is 10.9. The Balaban J connectivity index is 2.53. The van der Waals surface area contributed by atoms with Gasteiger partial charge in [-0.25, -0.2) is 13.1 Å². The summed E-state index contributed by atoms with van der Waals surface area (Å²) < 4.78 is 24.2. The van der Waals surface area contributed by atoms with Crippen LogP contribution in [0, 0.1) is 0 Å². The van der Waals surface area contributed by atoms with Crippen LogP contribution in [0.5, 0.6) is 0 Å². The predicted molar refractivity (Wildman–Crippen MR) is 76.2 cm³/mol. The number of sulfonamides is 1. The number of anilines is 2. The van der Waals surface area contributed by atoms with Crippen molar-refractivity contribution in [3.63, 3.8) is 0 Å². The van der Waals surface area contributed by atoms with E-state index in [2.05, 4.69) is 17.0 Å². The molecule has 0 aliphatic rings. The fourth-order valence-electron chi connectivity index (χ4n) is 1.63. The van der Waals surface area contributed by atoms with Gasteiger partial charge in [-0.05, 0) is 24.1 Å². The van der Waals surface area contributed by atoms with Crippen LogP contribution in [-0.2, 0) is 16.4 Å². The molecule has 6 heteroatoms. The van der Waals surface area contributed by atoms with Crippen molar-refractivity contribution in [2.45, 2.75) is 19.8 Å². The van der Waals surface area contributed by atoms with E-state index in [1.54, 1.807) is 0 Å². The Morgan fingerprint density at radius 3 is 2.61 bits per heavy atom. The molecule has 4 N–H and O–H groups in total. The Bertz CT molecular complexity index is 486. The van der Waals surface area contributed by atoms with E-state index < -0.39 is 10.0 Å². The van der Waals surface area contributed by atoms with Gasteiger partial charge in [-0.2, -0.15) is 0 Å². The van der Waals surface area contributed by atoms with Gasteiger partial charge in [0.2, 0.25) is 10.0 Å². The third kappa shape index (κ3) is 5.37. The highest BCUT2D eigenvalue weighted by atomic mass is 32.2. The van der Waals surface area contributed by atoms with Crippen molar-refractivity contribution in [2.75, 3.05) is 30.4 Å². The van der Waals surface area contributed by atoms with Crippen LogP contribution in [0.25, 0.3) is 0 Å². The fraction of sp³-hybridized carbons (Fsp3) is 0.500. The molecule has 0 atom stereocenters. The van der Waals surface area contributed by atoms with Crippen LogP contribution in [0.1, 0.15) is 18.9 Å². The summed E-state index contributed by atoms with van der Waals surface area (Å²) in [5, 5.41) is 3.13. The van der Waals surface area contributed by atoms with Crippen molar-refractivity contribution in [1.29, 1.82) is 0 Å². The highest BCUT2D eigenvalue weighted by molar-refractivity contribution is 7.88. The van der Waals surface area contributed by atoms with Crippen molar-refractivity contribution in [3.05, 3.63) is 23.8 Å². The number of benzene rings is 1. The summed E-state index contributed by atoms with van der Waals surface area (Å²) in [6.07, 6.45) is 3.23. The normalized spacial score (nSPS) is 11.4. The van der Waals surface area contributed by atoms with E-state index in [0.717, 1.165) is 24.8 Å². The molecule has 1 aromatic rings. The van der Waals surface area contributed by atoms with Gasteiger partial charge in [0, 0.05) is 13.1 Å². The van der Waals surface area contributed by atoms with E-state index in [4.69, 9.17) is 5.73 Å². The largest absolute Gasteiger partial charge is 0.397 e. The van der Waals surface area contributed by atoms with Gasteiger partial charge in [-0.3, -0.25) is 0 Å². The number of rotatable bonds is 7. The number of hydrogen-bond donors (Lipinski definition) is 3. The van der Waals surface area contributed by atoms with Gasteiger partial charge < -0.3 is 11.1 Å². The summed E-state index contributed by atoms with van der Waals surface area (Å²) in [5.41, 5.74) is 8.61. The van der Waals surface area contributed by atoms with E-state index in [1.165, 1.54) is 5.56 Å². The second kappa shape index (κ2) is 6.61. The second-order valence-corrected chi connectivity index (χ2v) is 6.10. The molecule has 0 bridgehead atoms. The lowest BCUT2D eigenvalue weighted by atomic mass is 10.1. The monoisotopic (exact) mass is 271 g/mol. The molecule has 102 valence electrons. The van der Waals surface area contributed by atoms with Gasteiger partial charge >= 0.3 is 0 Å². The van der Waals surface area contributed by atoms with E-state index >= 15 is 0 Å². The first kappa shape index (κ1) is 14.8. The van der Waals surface area contributed by atoms with E-state index in [0.29, 0.717) is 18.8 Å². The quantitative estimate of drug-likeness (QED) is 0.513. The lowest BCUT2D eigenvalue weighted by Crippen LogP contribution is -2.27. The minimum Gasteiger partial charge on any atom is -0.397 e. The maximum Gasteiger partial charge on any atom is 0.208 e. The molecule has 1 aromatic carbocycles. The first-order valence-electron chi connectivity index (χ1n) is 5.99. The average Bonchev–Trinajstić information content (AvgIpc) is 2.27. The third-order valence-electron chi connectivity index (χ3n) is 2.46. The molecule has 1 rings (SSSR count). The van der Waals surface area contributed by atoms with Crippen LogP contribution in [-0.4, -0.2) is 27.8 Å². The highest BCUT2D eigenvalue weighted by Gasteiger charge is 2.02. The Morgan fingerprint density at radius 2 is 2.00 bits per heavy atom. The lowest BCUT2D eigenvalue weighted by molar-refractivity contribution is 0.589. The summed E-state index contributed by atoms with van der Waals surface area (Å²) >= 11 is 0. The molecule has 0 aromatic heterocycles.